The van der Waals surface area contributed by atoms with Gasteiger partial charge in [0.15, 0.2) is 5.78 Å². The lowest BCUT2D eigenvalue weighted by Gasteiger charge is -2.32. The highest BCUT2D eigenvalue weighted by atomic mass is 32.2. The van der Waals surface area contributed by atoms with Crippen LogP contribution < -0.4 is 0 Å². The summed E-state index contributed by atoms with van der Waals surface area (Å²) < 4.78 is 0. The zero-order chi connectivity index (χ0) is 17.2. The molecule has 3 nitrogen and oxygen atoms in total. The molecule has 1 aromatic carbocycles. The summed E-state index contributed by atoms with van der Waals surface area (Å²) in [6, 6.07) is 8.21. The number of likely N-dealkylation sites (N-methyl/N-ethyl adjacent to an activating group) is 1. The predicted octanol–water partition coefficient (Wildman–Crippen LogP) is 4.18. The van der Waals surface area contributed by atoms with Crippen LogP contribution in [0.15, 0.2) is 29.2 Å². The molecule has 0 unspecified atom stereocenters. The number of hydrogen-bond donors (Lipinski definition) is 0. The summed E-state index contributed by atoms with van der Waals surface area (Å²) in [4.78, 5) is 18.4. The van der Waals surface area contributed by atoms with Crippen LogP contribution >= 0.6 is 11.8 Å². The Morgan fingerprint density at radius 2 is 1.75 bits per heavy atom. The van der Waals surface area contributed by atoms with E-state index in [2.05, 4.69) is 35.9 Å². The molecule has 1 saturated heterocycles. The molecule has 0 saturated carbocycles. The van der Waals surface area contributed by atoms with Crippen LogP contribution in [-0.2, 0) is 0 Å². The van der Waals surface area contributed by atoms with E-state index >= 15 is 0 Å². The van der Waals surface area contributed by atoms with E-state index in [9.17, 15) is 4.79 Å². The number of carbonyl (C=O) groups excluding carboxylic acids is 1. The summed E-state index contributed by atoms with van der Waals surface area (Å²) >= 11 is 1.90. The van der Waals surface area contributed by atoms with Crippen molar-refractivity contribution < 1.29 is 4.79 Å². The number of unbranched alkanes of at least 4 members (excludes halogenated alkanes) is 3. The van der Waals surface area contributed by atoms with Crippen LogP contribution in [0, 0.1) is 0 Å². The van der Waals surface area contributed by atoms with Crippen LogP contribution in [0.1, 0.15) is 49.4 Å². The van der Waals surface area contributed by atoms with Crippen molar-refractivity contribution in [1.82, 2.24) is 9.80 Å². The third-order valence-electron chi connectivity index (χ3n) is 4.69. The Hall–Kier alpha value is -0.840. The van der Waals surface area contributed by atoms with Crippen LogP contribution in [-0.4, -0.2) is 61.1 Å². The van der Waals surface area contributed by atoms with Crippen molar-refractivity contribution in [2.75, 3.05) is 45.5 Å². The molecule has 0 spiro atoms. The number of rotatable bonds is 10. The Labute approximate surface area is 151 Å². The van der Waals surface area contributed by atoms with Crippen LogP contribution in [0.3, 0.4) is 0 Å². The quantitative estimate of drug-likeness (QED) is 0.359. The van der Waals surface area contributed by atoms with Gasteiger partial charge in [-0.25, -0.2) is 0 Å². The molecular formula is C20H32N2OS. The molecule has 1 aliphatic heterocycles. The van der Waals surface area contributed by atoms with Gasteiger partial charge >= 0.3 is 0 Å². The summed E-state index contributed by atoms with van der Waals surface area (Å²) in [5.41, 5.74) is 0.861. The van der Waals surface area contributed by atoms with Crippen LogP contribution in [0.2, 0.25) is 0 Å². The Bertz CT molecular complexity index is 481. The van der Waals surface area contributed by atoms with Gasteiger partial charge < -0.3 is 9.80 Å². The number of ketones is 1. The fourth-order valence-electron chi connectivity index (χ4n) is 2.93. The van der Waals surface area contributed by atoms with Crippen molar-refractivity contribution in [1.29, 1.82) is 0 Å². The van der Waals surface area contributed by atoms with Gasteiger partial charge in [-0.15, -0.1) is 11.8 Å². The van der Waals surface area contributed by atoms with Gasteiger partial charge in [0.05, 0.1) is 0 Å². The minimum atomic E-state index is 0.272. The van der Waals surface area contributed by atoms with E-state index in [1.54, 1.807) is 0 Å². The van der Waals surface area contributed by atoms with Crippen molar-refractivity contribution in [2.24, 2.45) is 0 Å². The Morgan fingerprint density at radius 1 is 1.04 bits per heavy atom. The van der Waals surface area contributed by atoms with Gasteiger partial charge in [0.25, 0.3) is 0 Å². The lowest BCUT2D eigenvalue weighted by Crippen LogP contribution is -2.45. The first-order chi connectivity index (χ1) is 11.7. The van der Waals surface area contributed by atoms with Gasteiger partial charge in [-0.05, 0) is 31.4 Å². The monoisotopic (exact) mass is 348 g/mol. The average molecular weight is 349 g/mol. The zero-order valence-electron chi connectivity index (χ0n) is 15.3. The first-order valence-corrected chi connectivity index (χ1v) is 10.3. The van der Waals surface area contributed by atoms with E-state index in [1.165, 1.54) is 36.3 Å². The second kappa shape index (κ2) is 10.9. The maximum absolute atomic E-state index is 12.4. The maximum atomic E-state index is 12.4. The summed E-state index contributed by atoms with van der Waals surface area (Å²) in [6.45, 7) is 7.51. The van der Waals surface area contributed by atoms with Crippen LogP contribution in [0.5, 0.6) is 0 Å². The zero-order valence-corrected chi connectivity index (χ0v) is 16.1. The van der Waals surface area contributed by atoms with E-state index in [0.29, 0.717) is 6.42 Å². The summed E-state index contributed by atoms with van der Waals surface area (Å²) in [5, 5.41) is 0. The number of thioether (sulfide) groups is 1. The molecular weight excluding hydrogens is 316 g/mol. The largest absolute Gasteiger partial charge is 0.304 e. The summed E-state index contributed by atoms with van der Waals surface area (Å²) in [5.74, 6) is 1.45. The van der Waals surface area contributed by atoms with E-state index in [-0.39, 0.29) is 5.78 Å². The van der Waals surface area contributed by atoms with E-state index in [4.69, 9.17) is 0 Å². The van der Waals surface area contributed by atoms with Gasteiger partial charge in [-0.2, -0.15) is 0 Å². The Kier molecular flexibility index (Phi) is 8.86. The fourth-order valence-corrected chi connectivity index (χ4v) is 3.84. The lowest BCUT2D eigenvalue weighted by molar-refractivity contribution is 0.0942. The highest BCUT2D eigenvalue weighted by Crippen LogP contribution is 2.21. The van der Waals surface area contributed by atoms with Gasteiger partial charge in [-0.3, -0.25) is 4.79 Å². The number of hydrogen-bond acceptors (Lipinski definition) is 4. The minimum Gasteiger partial charge on any atom is -0.304 e. The fraction of sp³-hybridized carbons (Fsp3) is 0.650. The molecule has 0 atom stereocenters. The van der Waals surface area contributed by atoms with Crippen LogP contribution in [0.4, 0.5) is 0 Å². The molecule has 0 aliphatic carbocycles. The Balaban J connectivity index is 1.68. The smallest absolute Gasteiger partial charge is 0.164 e. The molecule has 0 amide bonds. The third kappa shape index (κ3) is 6.96. The molecule has 1 fully saturated rings. The average Bonchev–Trinajstić information content (AvgIpc) is 2.61. The second-order valence-electron chi connectivity index (χ2n) is 6.75. The maximum Gasteiger partial charge on any atom is 0.164 e. The van der Waals surface area contributed by atoms with Crippen molar-refractivity contribution in [3.05, 3.63) is 29.8 Å². The first-order valence-electron chi connectivity index (χ1n) is 9.36. The minimum absolute atomic E-state index is 0.272. The van der Waals surface area contributed by atoms with Crippen molar-refractivity contribution >= 4 is 17.5 Å². The number of Topliss-reactive ketones (excluding diaryl/α,β-unsaturated/α-hetero) is 1. The molecule has 1 heterocycles. The molecule has 1 aromatic rings. The van der Waals surface area contributed by atoms with Gasteiger partial charge in [0, 0.05) is 49.6 Å². The molecule has 1 aliphatic rings. The molecule has 0 radical (unpaired) electrons. The van der Waals surface area contributed by atoms with Crippen molar-refractivity contribution in [3.8, 4) is 0 Å². The molecule has 0 N–H and O–H groups in total. The molecule has 134 valence electrons. The van der Waals surface area contributed by atoms with Crippen LogP contribution in [0.25, 0.3) is 0 Å². The lowest BCUT2D eigenvalue weighted by atomic mass is 10.1. The number of nitrogens with zero attached hydrogens (tertiary/aromatic N) is 2. The predicted molar refractivity (Wildman–Crippen MR) is 104 cm³/mol. The van der Waals surface area contributed by atoms with Gasteiger partial charge in [0.1, 0.15) is 0 Å². The Morgan fingerprint density at radius 3 is 2.42 bits per heavy atom. The number of benzene rings is 1. The number of piperazine rings is 1. The second-order valence-corrected chi connectivity index (χ2v) is 7.92. The third-order valence-corrected chi connectivity index (χ3v) is 5.79. The van der Waals surface area contributed by atoms with Crippen molar-refractivity contribution in [2.45, 2.75) is 43.9 Å². The first kappa shape index (κ1) is 19.5. The highest BCUT2D eigenvalue weighted by Gasteiger charge is 2.15. The van der Waals surface area contributed by atoms with E-state index in [0.717, 1.165) is 38.3 Å². The van der Waals surface area contributed by atoms with Gasteiger partial charge in [-0.1, -0.05) is 38.3 Å². The standard InChI is InChI=1S/C20H32N2OS/c1-3-4-5-6-17-24-19-9-7-18(8-10-19)20(23)11-12-22-15-13-21(2)14-16-22/h7-10H,3-6,11-17H2,1-2H3. The summed E-state index contributed by atoms with van der Waals surface area (Å²) in [7, 11) is 2.16. The van der Waals surface area contributed by atoms with Crippen molar-refractivity contribution in [3.63, 3.8) is 0 Å². The summed E-state index contributed by atoms with van der Waals surface area (Å²) in [6.07, 6.45) is 5.86. The molecule has 0 aromatic heterocycles. The van der Waals surface area contributed by atoms with Gasteiger partial charge in [0.2, 0.25) is 0 Å². The van der Waals surface area contributed by atoms with E-state index < -0.39 is 0 Å². The number of carbonyl (C=O) groups is 1. The van der Waals surface area contributed by atoms with E-state index in [1.807, 2.05) is 23.9 Å². The molecule has 0 bridgehead atoms. The highest BCUT2D eigenvalue weighted by molar-refractivity contribution is 7.99. The molecule has 2 rings (SSSR count). The normalized spacial score (nSPS) is 16.4. The molecule has 24 heavy (non-hydrogen) atoms. The SMILES string of the molecule is CCCCCCSc1ccc(C(=O)CCN2CCN(C)CC2)cc1. The topological polar surface area (TPSA) is 23.6 Å². The molecule has 4 heteroatoms.